The largest absolute Gasteiger partial charge is 0.357 e. The van der Waals surface area contributed by atoms with Crippen LogP contribution in [0.25, 0.3) is 0 Å². The van der Waals surface area contributed by atoms with Crippen molar-refractivity contribution >= 4 is 35.9 Å². The predicted octanol–water partition coefficient (Wildman–Crippen LogP) is 2.54. The van der Waals surface area contributed by atoms with Gasteiger partial charge in [0.2, 0.25) is 5.95 Å². The first-order valence-corrected chi connectivity index (χ1v) is 10.8. The van der Waals surface area contributed by atoms with E-state index in [1.165, 1.54) is 6.07 Å². The zero-order valence-corrected chi connectivity index (χ0v) is 20.5. The first-order chi connectivity index (χ1) is 14.8. The van der Waals surface area contributed by atoms with Crippen molar-refractivity contribution in [1.29, 1.82) is 0 Å². The van der Waals surface area contributed by atoms with Crippen molar-refractivity contribution in [2.45, 2.75) is 19.8 Å². The summed E-state index contributed by atoms with van der Waals surface area (Å²) in [5.74, 6) is 1.46. The summed E-state index contributed by atoms with van der Waals surface area (Å²) in [6.45, 7) is 9.22. The molecule has 1 aliphatic heterocycles. The molecule has 2 heterocycles. The van der Waals surface area contributed by atoms with Gasteiger partial charge in [-0.2, -0.15) is 0 Å². The van der Waals surface area contributed by atoms with Crippen LogP contribution in [-0.4, -0.2) is 73.2 Å². The molecule has 3 rings (SSSR count). The van der Waals surface area contributed by atoms with E-state index in [4.69, 9.17) is 0 Å². The average molecular weight is 541 g/mol. The summed E-state index contributed by atoms with van der Waals surface area (Å²) in [5, 5.41) is 6.55. The van der Waals surface area contributed by atoms with Gasteiger partial charge in [0, 0.05) is 64.8 Å². The van der Waals surface area contributed by atoms with Crippen LogP contribution in [0.15, 0.2) is 47.7 Å². The number of nitrogens with zero attached hydrogens (tertiary/aromatic N) is 5. The van der Waals surface area contributed by atoms with Crippen molar-refractivity contribution in [2.75, 3.05) is 57.3 Å². The Hall–Kier alpha value is -2.01. The second kappa shape index (κ2) is 14.1. The number of rotatable bonds is 9. The topological polar surface area (TPSA) is 68.7 Å². The van der Waals surface area contributed by atoms with Crippen LogP contribution in [0.4, 0.5) is 10.3 Å². The number of benzene rings is 1. The molecule has 1 fully saturated rings. The predicted molar refractivity (Wildman–Crippen MR) is 135 cm³/mol. The van der Waals surface area contributed by atoms with E-state index < -0.39 is 0 Å². The number of hydrogen-bond donors (Lipinski definition) is 2. The molecule has 0 spiro atoms. The molecule has 170 valence electrons. The number of halogens is 2. The molecule has 0 amide bonds. The van der Waals surface area contributed by atoms with Crippen LogP contribution in [0.1, 0.15) is 18.9 Å². The summed E-state index contributed by atoms with van der Waals surface area (Å²) in [7, 11) is 0. The van der Waals surface area contributed by atoms with E-state index in [9.17, 15) is 4.39 Å². The Morgan fingerprint density at radius 1 is 1.06 bits per heavy atom. The second-order valence-electron chi connectivity index (χ2n) is 7.26. The number of nitrogens with one attached hydrogen (secondary N) is 2. The van der Waals surface area contributed by atoms with Gasteiger partial charge in [-0.25, -0.2) is 14.4 Å². The molecule has 0 bridgehead atoms. The quantitative estimate of drug-likeness (QED) is 0.220. The van der Waals surface area contributed by atoms with Gasteiger partial charge in [0.15, 0.2) is 5.96 Å². The highest BCUT2D eigenvalue weighted by molar-refractivity contribution is 14.0. The summed E-state index contributed by atoms with van der Waals surface area (Å²) in [5.41, 5.74) is 0.723. The molecule has 0 atom stereocenters. The third-order valence-electron chi connectivity index (χ3n) is 5.10. The van der Waals surface area contributed by atoms with Gasteiger partial charge in [-0.05, 0) is 37.5 Å². The SMILES string of the molecule is CCNC(=NCCCN1CCN(c2ncccn2)CC1)NCCc1ccccc1F.I. The smallest absolute Gasteiger partial charge is 0.225 e. The molecular weight excluding hydrogens is 508 g/mol. The molecule has 7 nitrogen and oxygen atoms in total. The zero-order valence-electron chi connectivity index (χ0n) is 18.1. The summed E-state index contributed by atoms with van der Waals surface area (Å²) < 4.78 is 13.7. The van der Waals surface area contributed by atoms with Gasteiger partial charge in [-0.3, -0.25) is 9.89 Å². The van der Waals surface area contributed by atoms with Gasteiger partial charge in [-0.1, -0.05) is 18.2 Å². The molecule has 1 aliphatic rings. The number of hydrogen-bond acceptors (Lipinski definition) is 5. The molecule has 0 aliphatic carbocycles. The lowest BCUT2D eigenvalue weighted by atomic mass is 10.1. The number of aromatic nitrogens is 2. The van der Waals surface area contributed by atoms with Gasteiger partial charge >= 0.3 is 0 Å². The highest BCUT2D eigenvalue weighted by atomic mass is 127. The van der Waals surface area contributed by atoms with Crippen LogP contribution in [0, 0.1) is 5.82 Å². The maximum absolute atomic E-state index is 13.7. The molecule has 1 aromatic carbocycles. The molecule has 0 radical (unpaired) electrons. The normalized spacial score (nSPS) is 14.8. The summed E-state index contributed by atoms with van der Waals surface area (Å²) >= 11 is 0. The number of piperazine rings is 1. The second-order valence-corrected chi connectivity index (χ2v) is 7.26. The molecule has 2 N–H and O–H groups in total. The first-order valence-electron chi connectivity index (χ1n) is 10.8. The molecule has 31 heavy (non-hydrogen) atoms. The Morgan fingerprint density at radius 3 is 2.52 bits per heavy atom. The van der Waals surface area contributed by atoms with Gasteiger partial charge < -0.3 is 15.5 Å². The molecule has 1 saturated heterocycles. The maximum atomic E-state index is 13.7. The summed E-state index contributed by atoms with van der Waals surface area (Å²) in [4.78, 5) is 18.0. The van der Waals surface area contributed by atoms with Crippen molar-refractivity contribution in [3.63, 3.8) is 0 Å². The monoisotopic (exact) mass is 541 g/mol. The Labute approximate surface area is 201 Å². The minimum atomic E-state index is -0.153. The van der Waals surface area contributed by atoms with Crippen LogP contribution < -0.4 is 15.5 Å². The van der Waals surface area contributed by atoms with Gasteiger partial charge in [0.05, 0.1) is 0 Å². The maximum Gasteiger partial charge on any atom is 0.225 e. The van der Waals surface area contributed by atoms with E-state index >= 15 is 0 Å². The molecule has 1 aromatic heterocycles. The highest BCUT2D eigenvalue weighted by Gasteiger charge is 2.18. The highest BCUT2D eigenvalue weighted by Crippen LogP contribution is 2.10. The standard InChI is InChI=1S/C22H32FN7.HI/c1-2-24-21(26-13-9-19-7-3-4-8-20(19)23)25-12-6-14-29-15-17-30(18-16-29)22-27-10-5-11-28-22;/h3-5,7-8,10-11H,2,6,9,12-18H2,1H3,(H2,24,25,26);1H. The minimum absolute atomic E-state index is 0. The molecule has 9 heteroatoms. The molecule has 0 saturated carbocycles. The zero-order chi connectivity index (χ0) is 21.0. The van der Waals surface area contributed by atoms with Crippen molar-refractivity contribution < 1.29 is 4.39 Å². The Balaban J connectivity index is 0.00000341. The fraction of sp³-hybridized carbons (Fsp3) is 0.500. The van der Waals surface area contributed by atoms with E-state index in [1.807, 2.05) is 25.1 Å². The lowest BCUT2D eigenvalue weighted by Gasteiger charge is -2.34. The van der Waals surface area contributed by atoms with E-state index in [0.29, 0.717) is 13.0 Å². The van der Waals surface area contributed by atoms with E-state index in [2.05, 4.69) is 35.4 Å². The van der Waals surface area contributed by atoms with Gasteiger partial charge in [0.25, 0.3) is 0 Å². The van der Waals surface area contributed by atoms with Crippen LogP contribution in [0.3, 0.4) is 0 Å². The summed E-state index contributed by atoms with van der Waals surface area (Å²) in [6, 6.07) is 8.75. The minimum Gasteiger partial charge on any atom is -0.357 e. The van der Waals surface area contributed by atoms with E-state index in [-0.39, 0.29) is 29.8 Å². The lowest BCUT2D eigenvalue weighted by molar-refractivity contribution is 0.255. The van der Waals surface area contributed by atoms with Crippen LogP contribution in [0.2, 0.25) is 0 Å². The number of anilines is 1. The van der Waals surface area contributed by atoms with Gasteiger partial charge in [0.1, 0.15) is 5.82 Å². The Morgan fingerprint density at radius 2 is 1.81 bits per heavy atom. The fourth-order valence-corrected chi connectivity index (χ4v) is 3.47. The van der Waals surface area contributed by atoms with Gasteiger partial charge in [-0.15, -0.1) is 24.0 Å². The van der Waals surface area contributed by atoms with E-state index in [1.54, 1.807) is 18.5 Å². The van der Waals surface area contributed by atoms with Crippen molar-refractivity contribution in [3.05, 3.63) is 54.1 Å². The van der Waals surface area contributed by atoms with Crippen molar-refractivity contribution in [2.24, 2.45) is 4.99 Å². The van der Waals surface area contributed by atoms with Crippen LogP contribution >= 0.6 is 24.0 Å². The fourth-order valence-electron chi connectivity index (χ4n) is 3.47. The first kappa shape index (κ1) is 25.3. The number of aliphatic imine (C=N–C) groups is 1. The van der Waals surface area contributed by atoms with E-state index in [0.717, 1.165) is 69.7 Å². The third kappa shape index (κ3) is 8.56. The number of guanidine groups is 1. The molecule has 0 unspecified atom stereocenters. The van der Waals surface area contributed by atoms with Crippen LogP contribution in [-0.2, 0) is 6.42 Å². The average Bonchev–Trinajstić information content (AvgIpc) is 2.79. The Kier molecular flexibility index (Phi) is 11.5. The van der Waals surface area contributed by atoms with Crippen molar-refractivity contribution in [1.82, 2.24) is 25.5 Å². The molecule has 2 aromatic rings. The Bertz CT molecular complexity index is 782. The molecular formula is C22H33FIN7. The van der Waals surface area contributed by atoms with Crippen molar-refractivity contribution in [3.8, 4) is 0 Å². The van der Waals surface area contributed by atoms with Crippen LogP contribution in [0.5, 0.6) is 0 Å². The third-order valence-corrected chi connectivity index (χ3v) is 5.10. The summed E-state index contributed by atoms with van der Waals surface area (Å²) in [6.07, 6.45) is 5.22. The lowest BCUT2D eigenvalue weighted by Crippen LogP contribution is -2.47.